The lowest BCUT2D eigenvalue weighted by atomic mass is 9.91. The molecule has 13 rings (SSSR count). The Morgan fingerprint density at radius 1 is 0.635 bits per heavy atom. The molecule has 5 fully saturated rings. The van der Waals surface area contributed by atoms with Crippen LogP contribution in [0.2, 0.25) is 13.0 Å². The number of sulfone groups is 1. The molecule has 1 aromatic carbocycles. The monoisotopic (exact) mass is 1780 g/mol. The van der Waals surface area contributed by atoms with Crippen LogP contribution in [0.3, 0.4) is 0 Å². The highest BCUT2D eigenvalue weighted by molar-refractivity contribution is 7.91. The fourth-order valence-corrected chi connectivity index (χ4v) is 22.6. The third kappa shape index (κ3) is 19.5. The molecule has 0 aliphatic carbocycles. The van der Waals surface area contributed by atoms with Crippen LogP contribution >= 0.6 is 68.8 Å². The Balaban J connectivity index is 0.000000170. The number of β-amino-alcohol motifs (C(OH)–C–C–N with tert-alkyl or cyclic N) is 2. The minimum Gasteiger partial charge on any atom is -0.491 e. The molecule has 8 aromatic rings. The molecule has 0 bridgehead atoms. The lowest BCUT2D eigenvalue weighted by molar-refractivity contribution is -0.183. The van der Waals surface area contributed by atoms with Crippen LogP contribution in [0.15, 0.2) is 83.5 Å². The van der Waals surface area contributed by atoms with Gasteiger partial charge in [-0.15, -0.1) is 34.0 Å². The summed E-state index contributed by atoms with van der Waals surface area (Å²) in [4.78, 5) is 78.3. The number of hydrogen-bond acceptors (Lipinski definition) is 27. The Morgan fingerprint density at radius 3 is 1.66 bits per heavy atom. The van der Waals surface area contributed by atoms with Crippen molar-refractivity contribution in [3.05, 3.63) is 146 Å². The SMILES string of the molecule is COc1c(C2CCN(S(=O)(=O)N3CCC(O)C3)C2C(=O)O)nn(C(=O)C(C)(C)C)c1NCc1ccc(Cl)s1.COc1c(C2CN(S(=O)(=O)N3CCC(O)C3)C2)nn(C(=O)c2cccc(C(=O)O)c2)c1NCc1ccc(Cl)s1.Cc1occc1C(=O)n1nc(CS(=O)(=O)C2C(C(=O)O)NCCC2C(F)(F)F)cc1NCc1ccc(Cl)s1. The number of aliphatic hydroxyl groups excluding tert-OH is 2. The normalized spacial score (nSPS) is 20.7. The topological polar surface area (TPSA) is 452 Å². The number of halogens is 6. The number of ether oxygens (including phenoxy) is 2. The number of aliphatic carboxylic acids is 2. The molecule has 9 N–H and O–H groups in total. The summed E-state index contributed by atoms with van der Waals surface area (Å²) in [5, 5.41) is 71.2. The first-order valence-corrected chi connectivity index (χ1v) is 43.4. The number of aromatic nitrogens is 6. The summed E-state index contributed by atoms with van der Waals surface area (Å²) in [6, 6.07) is 15.4. The van der Waals surface area contributed by atoms with E-state index < -0.39 is 125 Å². The van der Waals surface area contributed by atoms with Gasteiger partial charge < -0.3 is 60.7 Å². The van der Waals surface area contributed by atoms with Gasteiger partial charge in [-0.05, 0) is 99.8 Å². The standard InChI is InChI=1S/C24H26ClN5O7S2.C23H32ClN5O7S2.C22H22ClF3N4O6S2/c1-37-21-20(16-11-29(12-16)39(35,36)28-8-7-17(31)13-28)27-30(22(21)26-10-18-5-6-19(25)38-18)23(32)14-3-2-4-15(9-14)24(33)34;1-23(2,3)22(33)29-20(25-11-14-5-6-16(24)37-14)19(36-4)17(26-29)15-8-10-28(18(15)21(31)32)38(34,35)27-9-7-13(30)12-27;1-11-14(5-7-36-11)20(31)30-17(28-9-13-2-3-16(23)37-13)8-12(29-30)10-38(34,35)19-15(22(24,25)26)4-6-27-18(19)21(32)33/h2-6,9,16-17,26,31H,7-8,10-13H2,1H3,(H,33,34);5-6,13,15,18,25,30H,7-12H2,1-4H3,(H,31,32);2-3,5,7-8,15,18-19,27-28H,4,6,9-10H2,1H3,(H,32,33). The second kappa shape index (κ2) is 35.6. The van der Waals surface area contributed by atoms with Crippen molar-refractivity contribution in [1.82, 2.24) is 51.9 Å². The third-order valence-corrected chi connectivity index (χ3v) is 29.2. The largest absolute Gasteiger partial charge is 0.491 e. The number of piperidine rings is 1. The summed E-state index contributed by atoms with van der Waals surface area (Å²) in [5.41, 5.74) is -0.270. The molecule has 7 unspecified atom stereocenters. The molecular weight excluding hydrogens is 1700 g/mol. The quantitative estimate of drug-likeness (QED) is 0.0259. The molecule has 7 atom stereocenters. The number of rotatable bonds is 25. The van der Waals surface area contributed by atoms with Crippen molar-refractivity contribution in [2.24, 2.45) is 11.3 Å². The average Bonchev–Trinajstić information content (AvgIpc) is 1.61. The number of benzene rings is 1. The van der Waals surface area contributed by atoms with Crippen LogP contribution in [0.1, 0.15) is 132 Å². The third-order valence-electron chi connectivity index (χ3n) is 19.5. The van der Waals surface area contributed by atoms with Crippen LogP contribution in [0.25, 0.3) is 0 Å². The number of carbonyl (C=O) groups excluding carboxylic acids is 3. The molecular formula is C69H80Cl3F3N14O20S6. The lowest BCUT2D eigenvalue weighted by Crippen LogP contribution is -2.60. The summed E-state index contributed by atoms with van der Waals surface area (Å²) in [6.07, 6.45) is -4.88. The molecule has 5 aliphatic rings. The molecule has 0 saturated carbocycles. The van der Waals surface area contributed by atoms with Gasteiger partial charge in [-0.2, -0.15) is 76.6 Å². The number of methoxy groups -OCH3 is 2. The maximum Gasteiger partial charge on any atom is 0.393 e. The lowest BCUT2D eigenvalue weighted by Gasteiger charge is -2.39. The minimum absolute atomic E-state index is 0.0465. The zero-order valence-electron chi connectivity index (χ0n) is 62.0. The van der Waals surface area contributed by atoms with E-state index in [-0.39, 0.29) is 141 Å². The number of hydrogen-bond donors (Lipinski definition) is 9. The molecule has 5 aliphatic heterocycles. The number of anilines is 3. The number of alkyl halides is 3. The van der Waals surface area contributed by atoms with E-state index in [1.807, 2.05) is 12.1 Å². The van der Waals surface area contributed by atoms with Crippen molar-refractivity contribution in [3.8, 4) is 11.5 Å². The van der Waals surface area contributed by atoms with Gasteiger partial charge in [0.1, 0.15) is 35.0 Å². The number of carboxylic acid groups (broad SMARTS) is 3. The molecule has 0 amide bonds. The molecule has 5 saturated heterocycles. The maximum absolute atomic E-state index is 13.8. The van der Waals surface area contributed by atoms with Crippen molar-refractivity contribution in [2.45, 2.75) is 126 Å². The number of carboxylic acids is 3. The van der Waals surface area contributed by atoms with Gasteiger partial charge in [0.15, 0.2) is 33.0 Å². The predicted octanol–water partition coefficient (Wildman–Crippen LogP) is 8.48. The van der Waals surface area contributed by atoms with Gasteiger partial charge in [-0.3, -0.25) is 24.0 Å². The van der Waals surface area contributed by atoms with Crippen molar-refractivity contribution < 1.29 is 107 Å². The zero-order chi connectivity index (χ0) is 83.7. The number of furan rings is 1. The van der Waals surface area contributed by atoms with Gasteiger partial charge in [0.2, 0.25) is 0 Å². The Hall–Kier alpha value is -8.12. The van der Waals surface area contributed by atoms with Gasteiger partial charge in [-0.25, -0.2) is 13.2 Å². The number of aromatic carboxylic acids is 1. The highest BCUT2D eigenvalue weighted by atomic mass is 35.5. The number of aryl methyl sites for hydroxylation is 1. The summed E-state index contributed by atoms with van der Waals surface area (Å²) in [6.45, 7) is 7.79. The highest BCUT2D eigenvalue weighted by Gasteiger charge is 2.57. The second-order valence-corrected chi connectivity index (χ2v) is 39.7. The van der Waals surface area contributed by atoms with Crippen LogP contribution in [0, 0.1) is 18.3 Å². The van der Waals surface area contributed by atoms with E-state index in [4.69, 9.17) is 48.7 Å². The van der Waals surface area contributed by atoms with Crippen LogP contribution in [-0.2, 0) is 65.2 Å². The fourth-order valence-electron chi connectivity index (χ4n) is 13.7. The first-order chi connectivity index (χ1) is 54.1. The fraction of sp³-hybridized carbons (Fsp3) is 0.464. The first kappa shape index (κ1) is 87.7. The van der Waals surface area contributed by atoms with E-state index in [1.165, 1.54) is 104 Å². The van der Waals surface area contributed by atoms with Crippen LogP contribution in [0.4, 0.5) is 30.6 Å². The Kier molecular flexibility index (Phi) is 27.1. The van der Waals surface area contributed by atoms with Crippen molar-refractivity contribution >= 4 is 152 Å². The zero-order valence-corrected chi connectivity index (χ0v) is 69.2. The predicted molar refractivity (Wildman–Crippen MR) is 418 cm³/mol. The van der Waals surface area contributed by atoms with Gasteiger partial charge >= 0.3 is 24.1 Å². The van der Waals surface area contributed by atoms with Crippen molar-refractivity contribution in [3.63, 3.8) is 0 Å². The van der Waals surface area contributed by atoms with Gasteiger partial charge in [0.05, 0.1) is 99.1 Å². The summed E-state index contributed by atoms with van der Waals surface area (Å²) in [7, 11) is -9.79. The summed E-state index contributed by atoms with van der Waals surface area (Å²) >= 11 is 22.1. The van der Waals surface area contributed by atoms with Crippen molar-refractivity contribution in [1.29, 1.82) is 0 Å². The minimum atomic E-state index is -4.93. The Morgan fingerprint density at radius 2 is 1.17 bits per heavy atom. The molecule has 0 radical (unpaired) electrons. The molecule has 46 heteroatoms. The number of carbonyl (C=O) groups is 6. The van der Waals surface area contributed by atoms with Gasteiger partial charge in [0, 0.05) is 89.3 Å². The Bertz CT molecular complexity index is 5310. The molecule has 34 nitrogen and oxygen atoms in total. The molecule has 12 heterocycles. The Labute approximate surface area is 683 Å². The van der Waals surface area contributed by atoms with Gasteiger partial charge in [0.25, 0.3) is 38.1 Å². The van der Waals surface area contributed by atoms with E-state index in [1.54, 1.807) is 52.0 Å². The number of thiophene rings is 3. The highest BCUT2D eigenvalue weighted by Crippen LogP contribution is 2.46. The van der Waals surface area contributed by atoms with Crippen molar-refractivity contribution in [2.75, 3.05) is 82.5 Å². The number of aliphatic hydroxyl groups is 2. The number of nitrogens with zero attached hydrogens (tertiary/aromatic N) is 10. The van der Waals surface area contributed by atoms with E-state index in [2.05, 4.69) is 36.6 Å². The second-order valence-electron chi connectivity index (χ2n) is 28.3. The summed E-state index contributed by atoms with van der Waals surface area (Å²) in [5.74, 6) is -9.10. The van der Waals surface area contributed by atoms with E-state index in [9.17, 15) is 92.7 Å². The number of nitrogens with one attached hydrogen (secondary N) is 4. The van der Waals surface area contributed by atoms with Gasteiger partial charge in [-0.1, -0.05) is 61.6 Å². The van der Waals surface area contributed by atoms with E-state index >= 15 is 0 Å². The van der Waals surface area contributed by atoms with E-state index in [0.717, 1.165) is 32.6 Å². The first-order valence-electron chi connectivity index (χ1n) is 35.4. The molecule has 115 heavy (non-hydrogen) atoms. The summed E-state index contributed by atoms with van der Waals surface area (Å²) < 4.78 is 147. The molecule has 624 valence electrons. The molecule has 0 spiro atoms. The van der Waals surface area contributed by atoms with E-state index in [0.29, 0.717) is 44.0 Å². The average molecular weight is 1780 g/mol. The molecule has 7 aromatic heterocycles. The van der Waals surface area contributed by atoms with Crippen LogP contribution in [-0.4, -0.2) is 235 Å². The maximum atomic E-state index is 13.8. The van der Waals surface area contributed by atoms with Crippen LogP contribution < -0.4 is 30.7 Å². The van der Waals surface area contributed by atoms with Crippen LogP contribution in [0.5, 0.6) is 11.5 Å². The smallest absolute Gasteiger partial charge is 0.393 e.